The Morgan fingerprint density at radius 1 is 1.10 bits per heavy atom. The number of pyridine rings is 1. The van der Waals surface area contributed by atoms with Gasteiger partial charge in [-0.25, -0.2) is 4.39 Å². The van der Waals surface area contributed by atoms with Gasteiger partial charge in [0.1, 0.15) is 5.82 Å². The molecular weight excluding hydrogens is 321 g/mol. The van der Waals surface area contributed by atoms with Crippen LogP contribution in [0.25, 0.3) is 22.2 Å². The van der Waals surface area contributed by atoms with Gasteiger partial charge in [-0.3, -0.25) is 4.79 Å². The first-order chi connectivity index (χ1) is 9.59. The van der Waals surface area contributed by atoms with Gasteiger partial charge in [0.05, 0.1) is 16.6 Å². The molecule has 2 nitrogen and oxygen atoms in total. The van der Waals surface area contributed by atoms with E-state index in [-0.39, 0.29) is 10.8 Å². The number of halogens is 2. The molecule has 0 fully saturated rings. The molecule has 0 aliphatic rings. The predicted molar refractivity (Wildman–Crippen MR) is 82.4 cm³/mol. The summed E-state index contributed by atoms with van der Waals surface area (Å²) in [5.41, 5.74) is 2.34. The molecule has 1 N–H and O–H groups in total. The van der Waals surface area contributed by atoms with Crippen LogP contribution in [0.4, 0.5) is 4.39 Å². The van der Waals surface area contributed by atoms with Crippen LogP contribution >= 0.6 is 15.9 Å². The minimum Gasteiger partial charge on any atom is -0.353 e. The van der Waals surface area contributed by atoms with Gasteiger partial charge >= 0.3 is 0 Å². The van der Waals surface area contributed by atoms with E-state index in [9.17, 15) is 9.18 Å². The maximum Gasteiger partial charge on any atom is 0.195 e. The second-order valence-electron chi connectivity index (χ2n) is 4.60. The van der Waals surface area contributed by atoms with E-state index < -0.39 is 5.82 Å². The van der Waals surface area contributed by atoms with Crippen LogP contribution in [0.2, 0.25) is 0 Å². The molecule has 0 saturated heterocycles. The van der Waals surface area contributed by atoms with Crippen LogP contribution in [0, 0.1) is 12.7 Å². The van der Waals surface area contributed by atoms with Crippen LogP contribution in [0.3, 0.4) is 0 Å². The van der Waals surface area contributed by atoms with Gasteiger partial charge in [0, 0.05) is 10.0 Å². The molecule has 1 aromatic heterocycles. The molecule has 100 valence electrons. The first-order valence-corrected chi connectivity index (χ1v) is 6.95. The molecule has 0 unspecified atom stereocenters. The Kier molecular flexibility index (Phi) is 3.18. The van der Waals surface area contributed by atoms with Crippen LogP contribution in [0.5, 0.6) is 0 Å². The smallest absolute Gasteiger partial charge is 0.195 e. The van der Waals surface area contributed by atoms with Crippen molar-refractivity contribution in [2.24, 2.45) is 0 Å². The highest BCUT2D eigenvalue weighted by Crippen LogP contribution is 2.27. The van der Waals surface area contributed by atoms with Gasteiger partial charge in [-0.2, -0.15) is 0 Å². The first-order valence-electron chi connectivity index (χ1n) is 6.15. The van der Waals surface area contributed by atoms with Gasteiger partial charge in [0.25, 0.3) is 0 Å². The summed E-state index contributed by atoms with van der Waals surface area (Å²) >= 11 is 3.36. The fourth-order valence-electron chi connectivity index (χ4n) is 2.31. The van der Waals surface area contributed by atoms with E-state index in [2.05, 4.69) is 20.9 Å². The summed E-state index contributed by atoms with van der Waals surface area (Å²) in [6.07, 6.45) is 0. The van der Waals surface area contributed by atoms with Crippen molar-refractivity contribution < 1.29 is 4.39 Å². The van der Waals surface area contributed by atoms with E-state index in [1.165, 1.54) is 6.07 Å². The molecule has 4 heteroatoms. The zero-order valence-corrected chi connectivity index (χ0v) is 12.3. The maximum atomic E-state index is 13.9. The van der Waals surface area contributed by atoms with Crippen molar-refractivity contribution in [2.75, 3.05) is 0 Å². The third kappa shape index (κ3) is 1.96. The normalized spacial score (nSPS) is 10.9. The van der Waals surface area contributed by atoms with Crippen molar-refractivity contribution >= 4 is 26.8 Å². The van der Waals surface area contributed by atoms with Crippen molar-refractivity contribution in [1.82, 2.24) is 4.98 Å². The molecule has 0 amide bonds. The molecule has 0 bridgehead atoms. The summed E-state index contributed by atoms with van der Waals surface area (Å²) in [6.45, 7) is 1.71. The second kappa shape index (κ2) is 4.87. The Hall–Kier alpha value is -1.94. The van der Waals surface area contributed by atoms with E-state index in [1.54, 1.807) is 13.0 Å². The Labute approximate surface area is 123 Å². The fraction of sp³-hybridized carbons (Fsp3) is 0.0625. The number of aromatic amines is 1. The van der Waals surface area contributed by atoms with Crippen LogP contribution < -0.4 is 5.43 Å². The number of H-pyrrole nitrogens is 1. The van der Waals surface area contributed by atoms with Crippen LogP contribution in [0.15, 0.2) is 51.7 Å². The summed E-state index contributed by atoms with van der Waals surface area (Å²) in [7, 11) is 0. The van der Waals surface area contributed by atoms with Crippen molar-refractivity contribution in [2.45, 2.75) is 6.92 Å². The third-order valence-corrected chi connectivity index (χ3v) is 4.02. The van der Waals surface area contributed by atoms with Crippen molar-refractivity contribution in [3.05, 3.63) is 68.5 Å². The summed E-state index contributed by atoms with van der Waals surface area (Å²) < 4.78 is 14.6. The zero-order valence-electron chi connectivity index (χ0n) is 10.7. The molecule has 0 radical (unpaired) electrons. The lowest BCUT2D eigenvalue weighted by Gasteiger charge is -2.10. The lowest BCUT2D eigenvalue weighted by molar-refractivity contribution is 0.638. The summed E-state index contributed by atoms with van der Waals surface area (Å²) in [5, 5.41) is 0.0940. The number of benzene rings is 2. The average Bonchev–Trinajstić information content (AvgIpc) is 2.47. The standard InChI is InChI=1S/C16H11BrFNO/c1-9-14(10-5-3-2-4-6-10)19-15-11(17)7-8-12(18)13(15)16(9)20/h2-8H,1H3,(H,19,20). The van der Waals surface area contributed by atoms with E-state index in [0.717, 1.165) is 11.3 Å². The van der Waals surface area contributed by atoms with Crippen molar-refractivity contribution in [3.8, 4) is 11.3 Å². The summed E-state index contributed by atoms with van der Waals surface area (Å²) in [4.78, 5) is 15.6. The molecule has 1 heterocycles. The third-order valence-electron chi connectivity index (χ3n) is 3.36. The molecule has 0 atom stereocenters. The first kappa shape index (κ1) is 13.1. The number of aromatic nitrogens is 1. The van der Waals surface area contributed by atoms with Crippen LogP contribution in [0.1, 0.15) is 5.56 Å². The topological polar surface area (TPSA) is 32.9 Å². The van der Waals surface area contributed by atoms with E-state index >= 15 is 0 Å². The van der Waals surface area contributed by atoms with Crippen LogP contribution in [-0.2, 0) is 0 Å². The number of hydrogen-bond donors (Lipinski definition) is 1. The average molecular weight is 332 g/mol. The van der Waals surface area contributed by atoms with Crippen molar-refractivity contribution in [1.29, 1.82) is 0 Å². The SMILES string of the molecule is Cc1c(-c2ccccc2)[nH]c2c(Br)ccc(F)c2c1=O. The number of fused-ring (bicyclic) bond motifs is 1. The number of nitrogens with one attached hydrogen (secondary N) is 1. The van der Waals surface area contributed by atoms with Gasteiger partial charge in [0.15, 0.2) is 5.43 Å². The fourth-order valence-corrected chi connectivity index (χ4v) is 2.74. The Morgan fingerprint density at radius 2 is 1.80 bits per heavy atom. The molecule has 0 saturated carbocycles. The molecule has 0 aliphatic heterocycles. The van der Waals surface area contributed by atoms with Gasteiger partial charge in [-0.1, -0.05) is 30.3 Å². The molecule has 3 aromatic rings. The van der Waals surface area contributed by atoms with Crippen LogP contribution in [-0.4, -0.2) is 4.98 Å². The quantitative estimate of drug-likeness (QED) is 0.704. The summed E-state index contributed by atoms with van der Waals surface area (Å²) in [6, 6.07) is 12.4. The van der Waals surface area contributed by atoms with Gasteiger partial charge in [-0.15, -0.1) is 0 Å². The molecule has 3 rings (SSSR count). The number of rotatable bonds is 1. The molecule has 2 aromatic carbocycles. The van der Waals surface area contributed by atoms with Crippen molar-refractivity contribution in [3.63, 3.8) is 0 Å². The minimum absolute atomic E-state index is 0.0940. The van der Waals surface area contributed by atoms with E-state index in [4.69, 9.17) is 0 Å². The van der Waals surface area contributed by atoms with Gasteiger partial charge in [-0.05, 0) is 40.5 Å². The van der Waals surface area contributed by atoms with E-state index in [0.29, 0.717) is 15.6 Å². The zero-order chi connectivity index (χ0) is 14.3. The molecular formula is C16H11BrFNO. The predicted octanol–water partition coefficient (Wildman–Crippen LogP) is 4.41. The highest BCUT2D eigenvalue weighted by molar-refractivity contribution is 9.10. The Bertz CT molecular complexity index is 856. The second-order valence-corrected chi connectivity index (χ2v) is 5.45. The molecule has 0 aliphatic carbocycles. The number of hydrogen-bond acceptors (Lipinski definition) is 1. The summed E-state index contributed by atoms with van der Waals surface area (Å²) in [5.74, 6) is -0.507. The highest BCUT2D eigenvalue weighted by Gasteiger charge is 2.14. The monoisotopic (exact) mass is 331 g/mol. The lowest BCUT2D eigenvalue weighted by Crippen LogP contribution is -2.11. The Balaban J connectivity index is 2.46. The molecule has 20 heavy (non-hydrogen) atoms. The highest BCUT2D eigenvalue weighted by atomic mass is 79.9. The van der Waals surface area contributed by atoms with Gasteiger partial charge in [0.2, 0.25) is 0 Å². The lowest BCUT2D eigenvalue weighted by atomic mass is 10.0. The largest absolute Gasteiger partial charge is 0.353 e. The van der Waals surface area contributed by atoms with Gasteiger partial charge < -0.3 is 4.98 Å². The Morgan fingerprint density at radius 3 is 2.50 bits per heavy atom. The maximum absolute atomic E-state index is 13.9. The molecule has 0 spiro atoms. The van der Waals surface area contributed by atoms with E-state index in [1.807, 2.05) is 30.3 Å². The minimum atomic E-state index is -0.507.